The van der Waals surface area contributed by atoms with Gasteiger partial charge in [0.05, 0.1) is 12.6 Å². The van der Waals surface area contributed by atoms with E-state index in [4.69, 9.17) is 0 Å². The minimum Gasteiger partial charge on any atom is -0.357 e. The van der Waals surface area contributed by atoms with Gasteiger partial charge in [0.25, 0.3) is 5.91 Å². The lowest BCUT2D eigenvalue weighted by Gasteiger charge is -2.26. The van der Waals surface area contributed by atoms with Gasteiger partial charge in [-0.25, -0.2) is 9.38 Å². The molecule has 0 bridgehead atoms. The maximum absolute atomic E-state index is 13.6. The van der Waals surface area contributed by atoms with Crippen molar-refractivity contribution in [2.24, 2.45) is 4.99 Å². The highest BCUT2D eigenvalue weighted by Crippen LogP contribution is 2.18. The molecule has 2 aromatic carbocycles. The molecule has 6 nitrogen and oxygen atoms in total. The normalized spacial score (nSPS) is 12.2. The van der Waals surface area contributed by atoms with Crippen molar-refractivity contribution in [1.29, 1.82) is 0 Å². The Kier molecular flexibility index (Phi) is 11.5. The minimum absolute atomic E-state index is 0. The van der Waals surface area contributed by atoms with E-state index < -0.39 is 0 Å². The summed E-state index contributed by atoms with van der Waals surface area (Å²) < 4.78 is 13.6. The first kappa shape index (κ1) is 26.8. The Morgan fingerprint density at radius 1 is 1.06 bits per heavy atom. The molecule has 1 atom stereocenters. The number of nitrogens with one attached hydrogen (secondary N) is 2. The van der Waals surface area contributed by atoms with Crippen LogP contribution in [0.4, 0.5) is 4.39 Å². The first-order valence-electron chi connectivity index (χ1n) is 10.1. The van der Waals surface area contributed by atoms with Gasteiger partial charge in [-0.1, -0.05) is 24.3 Å². The monoisotopic (exact) mass is 541 g/mol. The number of rotatable bonds is 8. The van der Waals surface area contributed by atoms with Crippen molar-refractivity contribution in [3.05, 3.63) is 71.0 Å². The summed E-state index contributed by atoms with van der Waals surface area (Å²) in [6, 6.07) is 14.1. The zero-order valence-corrected chi connectivity index (χ0v) is 21.2. The fourth-order valence-corrected chi connectivity index (χ4v) is 3.03. The van der Waals surface area contributed by atoms with Crippen molar-refractivity contribution in [3.8, 4) is 0 Å². The van der Waals surface area contributed by atoms with Gasteiger partial charge in [-0.15, -0.1) is 24.0 Å². The largest absolute Gasteiger partial charge is 0.357 e. The van der Waals surface area contributed by atoms with Crippen LogP contribution in [0, 0.1) is 5.82 Å². The third-order valence-corrected chi connectivity index (χ3v) is 4.69. The van der Waals surface area contributed by atoms with Gasteiger partial charge in [0, 0.05) is 32.7 Å². The Morgan fingerprint density at radius 2 is 1.74 bits per heavy atom. The molecule has 0 saturated heterocycles. The number of amides is 1. The van der Waals surface area contributed by atoms with Crippen molar-refractivity contribution in [2.75, 3.05) is 41.3 Å². The molecule has 2 rings (SSSR count). The molecule has 0 fully saturated rings. The van der Waals surface area contributed by atoms with Crippen LogP contribution in [0.2, 0.25) is 0 Å². The Balaban J connectivity index is 0.00000480. The fraction of sp³-hybridized carbons (Fsp3) is 0.391. The lowest BCUT2D eigenvalue weighted by Crippen LogP contribution is -2.41. The second-order valence-electron chi connectivity index (χ2n) is 7.51. The van der Waals surface area contributed by atoms with E-state index in [1.807, 2.05) is 56.3 Å². The van der Waals surface area contributed by atoms with Crippen LogP contribution < -0.4 is 10.6 Å². The standard InChI is InChI=1S/C23H32FN5O.HI/c1-6-25-23(26-15-17-10-12-18(13-11-17)22(30)29(4)5)27-16-21(28(2)3)19-8-7-9-20(24)14-19;/h7-14,21H,6,15-16H2,1-5H3,(H2,25,26,27);1H. The zero-order valence-electron chi connectivity index (χ0n) is 18.9. The van der Waals surface area contributed by atoms with Crippen LogP contribution in [0.25, 0.3) is 0 Å². The molecule has 8 heteroatoms. The third-order valence-electron chi connectivity index (χ3n) is 4.69. The third kappa shape index (κ3) is 8.45. The summed E-state index contributed by atoms with van der Waals surface area (Å²) >= 11 is 0. The van der Waals surface area contributed by atoms with Gasteiger partial charge >= 0.3 is 0 Å². The molecule has 0 saturated carbocycles. The van der Waals surface area contributed by atoms with E-state index in [0.717, 1.165) is 17.7 Å². The highest BCUT2D eigenvalue weighted by molar-refractivity contribution is 14.0. The van der Waals surface area contributed by atoms with Crippen molar-refractivity contribution >= 4 is 35.8 Å². The Bertz CT molecular complexity index is 855. The molecule has 1 unspecified atom stereocenters. The van der Waals surface area contributed by atoms with Crippen LogP contribution in [0.5, 0.6) is 0 Å². The first-order valence-corrected chi connectivity index (χ1v) is 10.1. The molecule has 2 N–H and O–H groups in total. The number of guanidine groups is 1. The average Bonchev–Trinajstić information content (AvgIpc) is 2.71. The van der Waals surface area contributed by atoms with E-state index in [1.165, 1.54) is 6.07 Å². The number of likely N-dealkylation sites (N-methyl/N-ethyl adjacent to an activating group) is 1. The second-order valence-corrected chi connectivity index (χ2v) is 7.51. The van der Waals surface area contributed by atoms with E-state index >= 15 is 0 Å². The first-order chi connectivity index (χ1) is 14.3. The highest BCUT2D eigenvalue weighted by atomic mass is 127. The van der Waals surface area contributed by atoms with Crippen LogP contribution in [0.3, 0.4) is 0 Å². The Morgan fingerprint density at radius 3 is 2.29 bits per heavy atom. The number of benzene rings is 2. The fourth-order valence-electron chi connectivity index (χ4n) is 3.03. The van der Waals surface area contributed by atoms with Gasteiger partial charge in [-0.3, -0.25) is 4.79 Å². The molecular formula is C23H33FIN5O. The highest BCUT2D eigenvalue weighted by Gasteiger charge is 2.15. The van der Waals surface area contributed by atoms with Gasteiger partial charge in [-0.05, 0) is 56.4 Å². The van der Waals surface area contributed by atoms with Crippen molar-refractivity contribution in [2.45, 2.75) is 19.5 Å². The minimum atomic E-state index is -0.240. The number of nitrogens with zero attached hydrogens (tertiary/aromatic N) is 3. The molecule has 170 valence electrons. The van der Waals surface area contributed by atoms with Crippen molar-refractivity contribution < 1.29 is 9.18 Å². The predicted molar refractivity (Wildman–Crippen MR) is 136 cm³/mol. The van der Waals surface area contributed by atoms with E-state index in [0.29, 0.717) is 24.6 Å². The summed E-state index contributed by atoms with van der Waals surface area (Å²) in [5, 5.41) is 6.59. The maximum atomic E-state index is 13.6. The zero-order chi connectivity index (χ0) is 22.1. The molecule has 0 heterocycles. The summed E-state index contributed by atoms with van der Waals surface area (Å²) in [6.07, 6.45) is 0. The van der Waals surface area contributed by atoms with Crippen molar-refractivity contribution in [3.63, 3.8) is 0 Å². The molecule has 0 aliphatic rings. The van der Waals surface area contributed by atoms with Crippen LogP contribution in [-0.2, 0) is 6.54 Å². The van der Waals surface area contributed by atoms with Gasteiger partial charge in [0.1, 0.15) is 5.82 Å². The molecule has 1 amide bonds. The Hall–Kier alpha value is -2.20. The number of aliphatic imine (C=N–C) groups is 1. The van der Waals surface area contributed by atoms with Crippen LogP contribution >= 0.6 is 24.0 Å². The summed E-state index contributed by atoms with van der Waals surface area (Å²) in [4.78, 5) is 20.2. The smallest absolute Gasteiger partial charge is 0.253 e. The van der Waals surface area contributed by atoms with Gasteiger partial charge in [0.15, 0.2) is 5.96 Å². The lowest BCUT2D eigenvalue weighted by molar-refractivity contribution is 0.0827. The van der Waals surface area contributed by atoms with E-state index in [1.54, 1.807) is 31.1 Å². The average molecular weight is 541 g/mol. The van der Waals surface area contributed by atoms with Crippen LogP contribution in [-0.4, -0.2) is 62.9 Å². The molecule has 0 aliphatic heterocycles. The van der Waals surface area contributed by atoms with E-state index in [2.05, 4.69) is 15.6 Å². The van der Waals surface area contributed by atoms with Crippen LogP contribution in [0.1, 0.15) is 34.5 Å². The quantitative estimate of drug-likeness (QED) is 0.305. The second kappa shape index (κ2) is 13.3. The number of carbonyl (C=O) groups excluding carboxylic acids is 1. The van der Waals surface area contributed by atoms with Crippen molar-refractivity contribution in [1.82, 2.24) is 20.4 Å². The summed E-state index contributed by atoms with van der Waals surface area (Å²) in [5.41, 5.74) is 2.57. The van der Waals surface area contributed by atoms with Gasteiger partial charge < -0.3 is 20.4 Å². The molecular weight excluding hydrogens is 508 g/mol. The summed E-state index contributed by atoms with van der Waals surface area (Å²) in [6.45, 7) is 3.81. The summed E-state index contributed by atoms with van der Waals surface area (Å²) in [5.74, 6) is 0.428. The predicted octanol–water partition coefficient (Wildman–Crippen LogP) is 3.50. The molecule has 0 aliphatic carbocycles. The summed E-state index contributed by atoms with van der Waals surface area (Å²) in [7, 11) is 7.41. The number of carbonyl (C=O) groups is 1. The van der Waals surface area contributed by atoms with Gasteiger partial charge in [-0.2, -0.15) is 0 Å². The lowest BCUT2D eigenvalue weighted by atomic mass is 10.1. The van der Waals surface area contributed by atoms with E-state index in [-0.39, 0.29) is 41.7 Å². The molecule has 0 aromatic heterocycles. The topological polar surface area (TPSA) is 60.0 Å². The molecule has 2 aromatic rings. The molecule has 0 spiro atoms. The number of halogens is 2. The number of hydrogen-bond donors (Lipinski definition) is 2. The van der Waals surface area contributed by atoms with Gasteiger partial charge in [0.2, 0.25) is 0 Å². The number of hydrogen-bond acceptors (Lipinski definition) is 3. The maximum Gasteiger partial charge on any atom is 0.253 e. The van der Waals surface area contributed by atoms with E-state index in [9.17, 15) is 9.18 Å². The molecule has 31 heavy (non-hydrogen) atoms. The van der Waals surface area contributed by atoms with Crippen LogP contribution in [0.15, 0.2) is 53.5 Å². The SMILES string of the molecule is CCNC(=NCc1ccc(C(=O)N(C)C)cc1)NCC(c1cccc(F)c1)N(C)C.I. The molecule has 0 radical (unpaired) electrons. The Labute approximate surface area is 201 Å².